The first kappa shape index (κ1) is 11.8. The Labute approximate surface area is 99.4 Å². The summed E-state index contributed by atoms with van der Waals surface area (Å²) in [6.07, 6.45) is 0. The SMILES string of the molecule is COCCOCc1nc(-c2ccccc2)no1. The van der Waals surface area contributed by atoms with Gasteiger partial charge in [0.1, 0.15) is 6.61 Å². The average molecular weight is 234 g/mol. The fourth-order valence-corrected chi connectivity index (χ4v) is 1.32. The number of hydrogen-bond donors (Lipinski definition) is 0. The minimum absolute atomic E-state index is 0.309. The van der Waals surface area contributed by atoms with E-state index in [0.717, 1.165) is 5.56 Å². The molecule has 0 amide bonds. The van der Waals surface area contributed by atoms with Gasteiger partial charge in [0.05, 0.1) is 13.2 Å². The second-order valence-electron chi connectivity index (χ2n) is 3.42. The van der Waals surface area contributed by atoms with Gasteiger partial charge in [-0.25, -0.2) is 0 Å². The molecule has 0 bridgehead atoms. The monoisotopic (exact) mass is 234 g/mol. The molecule has 0 fully saturated rings. The predicted octanol–water partition coefficient (Wildman–Crippen LogP) is 1.90. The first-order chi connectivity index (χ1) is 8.40. The van der Waals surface area contributed by atoms with E-state index in [4.69, 9.17) is 14.0 Å². The lowest BCUT2D eigenvalue weighted by atomic mass is 10.2. The molecule has 0 N–H and O–H groups in total. The van der Waals surface area contributed by atoms with Gasteiger partial charge in [-0.3, -0.25) is 0 Å². The van der Waals surface area contributed by atoms with Crippen LogP contribution in [0.5, 0.6) is 0 Å². The molecule has 0 saturated carbocycles. The Hall–Kier alpha value is -1.72. The number of aromatic nitrogens is 2. The molecule has 2 aromatic rings. The molecule has 0 aliphatic rings. The van der Waals surface area contributed by atoms with E-state index in [-0.39, 0.29) is 0 Å². The Balaban J connectivity index is 1.92. The number of benzene rings is 1. The van der Waals surface area contributed by atoms with Gasteiger partial charge < -0.3 is 14.0 Å². The molecule has 90 valence electrons. The maximum atomic E-state index is 5.29. The molecule has 2 rings (SSSR count). The lowest BCUT2D eigenvalue weighted by molar-refractivity contribution is 0.0494. The van der Waals surface area contributed by atoms with E-state index >= 15 is 0 Å². The molecule has 0 aliphatic heterocycles. The highest BCUT2D eigenvalue weighted by molar-refractivity contribution is 5.53. The lowest BCUT2D eigenvalue weighted by Gasteiger charge is -1.98. The summed E-state index contributed by atoms with van der Waals surface area (Å²) in [5.41, 5.74) is 0.930. The minimum atomic E-state index is 0.309. The second kappa shape index (κ2) is 6.12. The van der Waals surface area contributed by atoms with Gasteiger partial charge in [0, 0.05) is 12.7 Å². The standard InChI is InChI=1S/C12H14N2O3/c1-15-7-8-16-9-11-13-12(14-17-11)10-5-3-2-4-6-10/h2-6H,7-9H2,1H3. The van der Waals surface area contributed by atoms with Crippen molar-refractivity contribution in [3.63, 3.8) is 0 Å². The Kier molecular flexibility index (Phi) is 4.23. The van der Waals surface area contributed by atoms with Crippen molar-refractivity contribution in [3.05, 3.63) is 36.2 Å². The van der Waals surface area contributed by atoms with Gasteiger partial charge in [-0.05, 0) is 0 Å². The van der Waals surface area contributed by atoms with E-state index in [1.54, 1.807) is 7.11 Å². The number of rotatable bonds is 6. The zero-order valence-electron chi connectivity index (χ0n) is 9.63. The van der Waals surface area contributed by atoms with E-state index in [1.165, 1.54) is 0 Å². The van der Waals surface area contributed by atoms with Crippen LogP contribution in [0.4, 0.5) is 0 Å². The molecular formula is C12H14N2O3. The third kappa shape index (κ3) is 3.37. The summed E-state index contributed by atoms with van der Waals surface area (Å²) < 4.78 is 15.2. The Morgan fingerprint density at radius 2 is 2.00 bits per heavy atom. The van der Waals surface area contributed by atoms with Gasteiger partial charge in [0.2, 0.25) is 5.82 Å². The largest absolute Gasteiger partial charge is 0.382 e. The normalized spacial score (nSPS) is 10.6. The topological polar surface area (TPSA) is 57.4 Å². The summed E-state index contributed by atoms with van der Waals surface area (Å²) in [5, 5.41) is 3.89. The Morgan fingerprint density at radius 1 is 1.18 bits per heavy atom. The van der Waals surface area contributed by atoms with Crippen molar-refractivity contribution < 1.29 is 14.0 Å². The summed E-state index contributed by atoms with van der Waals surface area (Å²) >= 11 is 0. The lowest BCUT2D eigenvalue weighted by Crippen LogP contribution is -2.01. The molecule has 5 nitrogen and oxygen atoms in total. The molecule has 1 aromatic carbocycles. The molecule has 17 heavy (non-hydrogen) atoms. The molecule has 1 aromatic heterocycles. The van der Waals surface area contributed by atoms with Gasteiger partial charge in [-0.2, -0.15) is 4.98 Å². The fraction of sp³-hybridized carbons (Fsp3) is 0.333. The molecule has 0 radical (unpaired) electrons. The summed E-state index contributed by atoms with van der Waals surface area (Å²) in [4.78, 5) is 4.23. The third-order valence-electron chi connectivity index (χ3n) is 2.16. The van der Waals surface area contributed by atoms with Crippen LogP contribution in [0.15, 0.2) is 34.9 Å². The summed E-state index contributed by atoms with van der Waals surface area (Å²) in [6.45, 7) is 1.38. The number of nitrogens with zero attached hydrogens (tertiary/aromatic N) is 2. The summed E-state index contributed by atoms with van der Waals surface area (Å²) in [6, 6.07) is 9.67. The van der Waals surface area contributed by atoms with Gasteiger partial charge in [0.15, 0.2) is 0 Å². The molecule has 1 heterocycles. The highest BCUT2D eigenvalue weighted by Crippen LogP contribution is 2.14. The smallest absolute Gasteiger partial charge is 0.252 e. The summed E-state index contributed by atoms with van der Waals surface area (Å²) in [5.74, 6) is 1.05. The molecule has 0 atom stereocenters. The van der Waals surface area contributed by atoms with Crippen LogP contribution in [-0.2, 0) is 16.1 Å². The molecule has 0 unspecified atom stereocenters. The van der Waals surface area contributed by atoms with Crippen LogP contribution < -0.4 is 0 Å². The molecular weight excluding hydrogens is 220 g/mol. The van der Waals surface area contributed by atoms with Gasteiger partial charge in [-0.1, -0.05) is 35.5 Å². The van der Waals surface area contributed by atoms with E-state index in [0.29, 0.717) is 31.5 Å². The van der Waals surface area contributed by atoms with Crippen molar-refractivity contribution in [2.45, 2.75) is 6.61 Å². The molecule has 5 heteroatoms. The van der Waals surface area contributed by atoms with Crippen molar-refractivity contribution in [1.82, 2.24) is 10.1 Å². The maximum Gasteiger partial charge on any atom is 0.252 e. The van der Waals surface area contributed by atoms with Gasteiger partial charge in [-0.15, -0.1) is 0 Å². The maximum absolute atomic E-state index is 5.29. The Bertz CT molecular complexity index is 442. The highest BCUT2D eigenvalue weighted by Gasteiger charge is 2.07. The first-order valence-electron chi connectivity index (χ1n) is 5.35. The van der Waals surface area contributed by atoms with Crippen LogP contribution in [0, 0.1) is 0 Å². The van der Waals surface area contributed by atoms with Crippen LogP contribution in [-0.4, -0.2) is 30.5 Å². The zero-order chi connectivity index (χ0) is 11.9. The van der Waals surface area contributed by atoms with Gasteiger partial charge in [0.25, 0.3) is 5.89 Å². The number of methoxy groups -OCH3 is 1. The highest BCUT2D eigenvalue weighted by atomic mass is 16.5. The van der Waals surface area contributed by atoms with Crippen molar-refractivity contribution in [2.24, 2.45) is 0 Å². The van der Waals surface area contributed by atoms with E-state index < -0.39 is 0 Å². The van der Waals surface area contributed by atoms with E-state index in [1.807, 2.05) is 30.3 Å². The minimum Gasteiger partial charge on any atom is -0.382 e. The van der Waals surface area contributed by atoms with Crippen molar-refractivity contribution in [2.75, 3.05) is 20.3 Å². The average Bonchev–Trinajstić information content (AvgIpc) is 2.85. The van der Waals surface area contributed by atoms with Crippen molar-refractivity contribution in [3.8, 4) is 11.4 Å². The van der Waals surface area contributed by atoms with Crippen LogP contribution >= 0.6 is 0 Å². The first-order valence-corrected chi connectivity index (χ1v) is 5.35. The van der Waals surface area contributed by atoms with E-state index in [9.17, 15) is 0 Å². The molecule has 0 saturated heterocycles. The third-order valence-corrected chi connectivity index (χ3v) is 2.16. The van der Waals surface area contributed by atoms with Crippen LogP contribution in [0.25, 0.3) is 11.4 Å². The van der Waals surface area contributed by atoms with Gasteiger partial charge >= 0.3 is 0 Å². The predicted molar refractivity (Wildman–Crippen MR) is 61.3 cm³/mol. The zero-order valence-corrected chi connectivity index (χ0v) is 9.63. The van der Waals surface area contributed by atoms with Crippen LogP contribution in [0.3, 0.4) is 0 Å². The second-order valence-corrected chi connectivity index (χ2v) is 3.42. The van der Waals surface area contributed by atoms with Crippen LogP contribution in [0.2, 0.25) is 0 Å². The summed E-state index contributed by atoms with van der Waals surface area (Å²) in [7, 11) is 1.63. The molecule has 0 spiro atoms. The Morgan fingerprint density at radius 3 is 2.76 bits per heavy atom. The van der Waals surface area contributed by atoms with Crippen LogP contribution in [0.1, 0.15) is 5.89 Å². The number of ether oxygens (including phenoxy) is 2. The number of hydrogen-bond acceptors (Lipinski definition) is 5. The van der Waals surface area contributed by atoms with Crippen molar-refractivity contribution in [1.29, 1.82) is 0 Å². The van der Waals surface area contributed by atoms with E-state index in [2.05, 4.69) is 10.1 Å². The quantitative estimate of drug-likeness (QED) is 0.714. The molecule has 0 aliphatic carbocycles. The fourth-order valence-electron chi connectivity index (χ4n) is 1.32. The van der Waals surface area contributed by atoms with Crippen molar-refractivity contribution >= 4 is 0 Å².